The number of anilines is 1. The van der Waals surface area contributed by atoms with Crippen molar-refractivity contribution in [2.75, 3.05) is 18.2 Å². The van der Waals surface area contributed by atoms with Gasteiger partial charge in [0.25, 0.3) is 0 Å². The van der Waals surface area contributed by atoms with Gasteiger partial charge in [0.05, 0.1) is 10.2 Å². The number of hydrogen-bond acceptors (Lipinski definition) is 4. The van der Waals surface area contributed by atoms with Crippen LogP contribution in [0.4, 0.5) is 10.1 Å². The van der Waals surface area contributed by atoms with Gasteiger partial charge in [0.2, 0.25) is 5.91 Å². The van der Waals surface area contributed by atoms with Crippen LogP contribution in [-0.4, -0.2) is 24.6 Å². The van der Waals surface area contributed by atoms with Crippen LogP contribution in [0.15, 0.2) is 45.8 Å². The highest BCUT2D eigenvalue weighted by Gasteiger charge is 2.12. The number of halogens is 2. The van der Waals surface area contributed by atoms with Crippen molar-refractivity contribution >= 4 is 45.1 Å². The number of benzene rings is 2. The molecule has 7 heteroatoms. The lowest BCUT2D eigenvalue weighted by atomic mass is 10.1. The van der Waals surface area contributed by atoms with E-state index < -0.39 is 5.82 Å². The van der Waals surface area contributed by atoms with Crippen molar-refractivity contribution in [2.24, 2.45) is 0 Å². The van der Waals surface area contributed by atoms with Crippen LogP contribution >= 0.6 is 27.7 Å². The summed E-state index contributed by atoms with van der Waals surface area (Å²) in [6.45, 7) is 1.26. The molecule has 0 spiro atoms. The summed E-state index contributed by atoms with van der Waals surface area (Å²) >= 11 is 4.62. The van der Waals surface area contributed by atoms with Gasteiger partial charge >= 0.3 is 0 Å². The molecular weight excluding hydrogens is 397 g/mol. The van der Waals surface area contributed by atoms with E-state index in [0.717, 1.165) is 4.90 Å². The molecule has 4 nitrogen and oxygen atoms in total. The van der Waals surface area contributed by atoms with E-state index in [4.69, 9.17) is 4.74 Å². The molecule has 0 aliphatic heterocycles. The average Bonchev–Trinajstić information content (AvgIpc) is 2.53. The Morgan fingerprint density at radius 2 is 2.00 bits per heavy atom. The number of thioether (sulfide) groups is 1. The molecule has 0 unspecified atom stereocenters. The first-order valence-corrected chi connectivity index (χ1v) is 8.99. The van der Waals surface area contributed by atoms with Crippen LogP contribution in [0.5, 0.6) is 5.75 Å². The van der Waals surface area contributed by atoms with Crippen molar-refractivity contribution in [3.8, 4) is 5.75 Å². The molecule has 126 valence electrons. The molecule has 0 fully saturated rings. The number of ether oxygens (including phenoxy) is 1. The van der Waals surface area contributed by atoms with Gasteiger partial charge in [-0.15, -0.1) is 11.8 Å². The number of ketones is 1. The fourth-order valence-electron chi connectivity index (χ4n) is 1.98. The summed E-state index contributed by atoms with van der Waals surface area (Å²) in [6, 6.07) is 9.03. The lowest BCUT2D eigenvalue weighted by Gasteiger charge is -2.11. The van der Waals surface area contributed by atoms with E-state index >= 15 is 0 Å². The maximum Gasteiger partial charge on any atom is 0.221 e. The van der Waals surface area contributed by atoms with Crippen LogP contribution in [0.2, 0.25) is 0 Å². The molecule has 0 saturated heterocycles. The van der Waals surface area contributed by atoms with Crippen LogP contribution in [-0.2, 0) is 4.79 Å². The second-order valence-electron chi connectivity index (χ2n) is 4.88. The van der Waals surface area contributed by atoms with E-state index in [1.807, 2.05) is 6.26 Å². The fourth-order valence-corrected chi connectivity index (χ4v) is 3.03. The average molecular weight is 412 g/mol. The molecule has 0 heterocycles. The lowest BCUT2D eigenvalue weighted by molar-refractivity contribution is -0.114. The molecule has 0 radical (unpaired) electrons. The molecular formula is C17H15BrFNO3S. The Morgan fingerprint density at radius 1 is 1.25 bits per heavy atom. The van der Waals surface area contributed by atoms with E-state index in [0.29, 0.717) is 21.5 Å². The highest BCUT2D eigenvalue weighted by atomic mass is 79.9. The van der Waals surface area contributed by atoms with Gasteiger partial charge in [-0.1, -0.05) is 0 Å². The van der Waals surface area contributed by atoms with Gasteiger partial charge in [-0.3, -0.25) is 9.59 Å². The predicted octanol–water partition coefficient (Wildman–Crippen LogP) is 4.53. The first kappa shape index (κ1) is 18.5. The standard InChI is InChI=1S/C17H15BrFNO3S/c1-10(21)20-14-5-3-11(7-17(14)24-2)15(22)9-23-16-6-4-12(19)8-13(16)18/h3-8H,9H2,1-2H3,(H,20,21). The van der Waals surface area contributed by atoms with Crippen molar-refractivity contribution in [3.63, 3.8) is 0 Å². The van der Waals surface area contributed by atoms with Crippen molar-refractivity contribution < 1.29 is 18.7 Å². The highest BCUT2D eigenvalue weighted by molar-refractivity contribution is 9.10. The molecule has 0 aromatic heterocycles. The number of amides is 1. The molecule has 0 saturated carbocycles. The number of carbonyl (C=O) groups excluding carboxylic acids is 2. The summed E-state index contributed by atoms with van der Waals surface area (Å²) < 4.78 is 18.9. The monoisotopic (exact) mass is 411 g/mol. The zero-order valence-corrected chi connectivity index (χ0v) is 15.5. The third-order valence-corrected chi connectivity index (χ3v) is 4.48. The van der Waals surface area contributed by atoms with Gasteiger partial charge in [-0.05, 0) is 58.6 Å². The number of Topliss-reactive ketones (excluding diaryl/α,β-unsaturated/α-hetero) is 1. The van der Waals surface area contributed by atoms with Crippen LogP contribution in [0, 0.1) is 5.82 Å². The van der Waals surface area contributed by atoms with E-state index in [-0.39, 0.29) is 18.3 Å². The SMILES string of the molecule is CSc1cc(C(=O)COc2ccc(F)cc2Br)ccc1NC(C)=O. The molecule has 0 atom stereocenters. The predicted molar refractivity (Wildman–Crippen MR) is 96.5 cm³/mol. The lowest BCUT2D eigenvalue weighted by Crippen LogP contribution is -2.13. The van der Waals surface area contributed by atoms with Crippen LogP contribution in [0.25, 0.3) is 0 Å². The summed E-state index contributed by atoms with van der Waals surface area (Å²) in [5, 5.41) is 2.72. The van der Waals surface area contributed by atoms with Crippen molar-refractivity contribution in [3.05, 3.63) is 52.3 Å². The van der Waals surface area contributed by atoms with E-state index in [9.17, 15) is 14.0 Å². The van der Waals surface area contributed by atoms with Gasteiger partial charge in [0.1, 0.15) is 11.6 Å². The Bertz CT molecular complexity index is 782. The van der Waals surface area contributed by atoms with Crippen LogP contribution < -0.4 is 10.1 Å². The maximum absolute atomic E-state index is 13.0. The molecule has 0 aliphatic carbocycles. The first-order valence-electron chi connectivity index (χ1n) is 6.97. The Balaban J connectivity index is 2.10. The van der Waals surface area contributed by atoms with E-state index in [2.05, 4.69) is 21.2 Å². The molecule has 1 amide bonds. The second kappa shape index (κ2) is 8.30. The number of carbonyl (C=O) groups is 2. The molecule has 2 aromatic rings. The molecule has 2 aromatic carbocycles. The Labute approximate surface area is 151 Å². The molecule has 1 N–H and O–H groups in total. The third-order valence-electron chi connectivity index (χ3n) is 3.09. The van der Waals surface area contributed by atoms with Gasteiger partial charge < -0.3 is 10.1 Å². The fraction of sp³-hybridized carbons (Fsp3) is 0.176. The van der Waals surface area contributed by atoms with Gasteiger partial charge in [-0.2, -0.15) is 0 Å². The van der Waals surface area contributed by atoms with Gasteiger partial charge in [0, 0.05) is 17.4 Å². The topological polar surface area (TPSA) is 55.4 Å². The molecule has 0 bridgehead atoms. The van der Waals surface area contributed by atoms with Gasteiger partial charge in [-0.25, -0.2) is 4.39 Å². The molecule has 0 aliphatic rings. The number of hydrogen-bond donors (Lipinski definition) is 1. The summed E-state index contributed by atoms with van der Waals surface area (Å²) in [5.74, 6) is -0.381. The minimum Gasteiger partial charge on any atom is -0.484 e. The normalized spacial score (nSPS) is 10.3. The highest BCUT2D eigenvalue weighted by Crippen LogP contribution is 2.28. The Hall–Kier alpha value is -1.86. The minimum absolute atomic E-state index is 0.169. The largest absolute Gasteiger partial charge is 0.484 e. The Morgan fingerprint density at radius 3 is 2.62 bits per heavy atom. The van der Waals surface area contributed by atoms with Crippen LogP contribution in [0.3, 0.4) is 0 Å². The smallest absolute Gasteiger partial charge is 0.221 e. The van der Waals surface area contributed by atoms with Crippen molar-refractivity contribution in [1.29, 1.82) is 0 Å². The second-order valence-corrected chi connectivity index (χ2v) is 6.59. The minimum atomic E-state index is -0.390. The zero-order chi connectivity index (χ0) is 17.7. The number of rotatable bonds is 6. The summed E-state index contributed by atoms with van der Waals surface area (Å²) in [7, 11) is 0. The molecule has 24 heavy (non-hydrogen) atoms. The number of nitrogens with one attached hydrogen (secondary N) is 1. The Kier molecular flexibility index (Phi) is 6.39. The molecule has 2 rings (SSSR count). The van der Waals surface area contributed by atoms with E-state index in [1.165, 1.54) is 36.9 Å². The van der Waals surface area contributed by atoms with Crippen LogP contribution in [0.1, 0.15) is 17.3 Å². The summed E-state index contributed by atoms with van der Waals surface area (Å²) in [4.78, 5) is 24.3. The third kappa shape index (κ3) is 4.82. The summed E-state index contributed by atoms with van der Waals surface area (Å²) in [5.41, 5.74) is 1.14. The summed E-state index contributed by atoms with van der Waals surface area (Å²) in [6.07, 6.45) is 1.86. The van der Waals surface area contributed by atoms with Crippen molar-refractivity contribution in [2.45, 2.75) is 11.8 Å². The zero-order valence-electron chi connectivity index (χ0n) is 13.1. The first-order chi connectivity index (χ1) is 11.4. The van der Waals surface area contributed by atoms with Crippen molar-refractivity contribution in [1.82, 2.24) is 0 Å². The van der Waals surface area contributed by atoms with Gasteiger partial charge in [0.15, 0.2) is 12.4 Å². The quantitative estimate of drug-likeness (QED) is 0.560. The van der Waals surface area contributed by atoms with E-state index in [1.54, 1.807) is 18.2 Å². The maximum atomic E-state index is 13.0.